The van der Waals surface area contributed by atoms with Crippen molar-refractivity contribution in [2.24, 2.45) is 0 Å². The van der Waals surface area contributed by atoms with Crippen molar-refractivity contribution in [1.82, 2.24) is 15.0 Å². The molecule has 1 aromatic heterocycles. The van der Waals surface area contributed by atoms with Crippen LogP contribution in [0.4, 0.5) is 22.0 Å². The Morgan fingerprint density at radius 1 is 1.13 bits per heavy atom. The van der Waals surface area contributed by atoms with E-state index in [2.05, 4.69) is 10.3 Å². The molecule has 38 heavy (non-hydrogen) atoms. The zero-order chi connectivity index (χ0) is 27.2. The van der Waals surface area contributed by atoms with Crippen LogP contribution in [0, 0.1) is 29.1 Å². The standard InChI is InChI=1S/C24H20F5N3O6/c25-12-2-3-13(14(26)8-12)23(35)37-22-20(21(34)18(10-33)38-24(22)4-1-5-36-24)32-9-17(30-31-32)11-6-15(27)19(29)16(28)7-11/h2-3,6-9,18,20-22,33-34H,1,4-5,10H2/t18-,20+,21+,22-,24+/m1/s1. The fourth-order valence-electron chi connectivity index (χ4n) is 4.70. The van der Waals surface area contributed by atoms with Gasteiger partial charge in [0.15, 0.2) is 23.6 Å². The van der Waals surface area contributed by atoms with Crippen LogP contribution in [0.25, 0.3) is 11.3 Å². The van der Waals surface area contributed by atoms with Crippen LogP contribution in [-0.4, -0.2) is 68.5 Å². The van der Waals surface area contributed by atoms with Gasteiger partial charge >= 0.3 is 5.97 Å². The Balaban J connectivity index is 1.56. The van der Waals surface area contributed by atoms with E-state index in [9.17, 15) is 37.0 Å². The molecule has 3 heterocycles. The maximum atomic E-state index is 14.3. The van der Waals surface area contributed by atoms with Crippen molar-refractivity contribution in [3.8, 4) is 11.3 Å². The number of aliphatic hydroxyl groups excluding tert-OH is 2. The fourth-order valence-corrected chi connectivity index (χ4v) is 4.70. The van der Waals surface area contributed by atoms with Crippen molar-refractivity contribution in [2.45, 2.75) is 43.0 Å². The highest BCUT2D eigenvalue weighted by molar-refractivity contribution is 5.89. The number of rotatable bonds is 5. The first-order valence-corrected chi connectivity index (χ1v) is 11.5. The lowest BCUT2D eigenvalue weighted by Gasteiger charge is -2.48. The molecular weight excluding hydrogens is 521 g/mol. The molecule has 0 saturated carbocycles. The second-order valence-electron chi connectivity index (χ2n) is 8.87. The second-order valence-corrected chi connectivity index (χ2v) is 8.87. The monoisotopic (exact) mass is 541 g/mol. The molecule has 14 heteroatoms. The van der Waals surface area contributed by atoms with Gasteiger partial charge in [0.25, 0.3) is 0 Å². The summed E-state index contributed by atoms with van der Waals surface area (Å²) < 4.78 is 86.9. The number of ether oxygens (including phenoxy) is 3. The highest BCUT2D eigenvalue weighted by Crippen LogP contribution is 2.45. The molecule has 2 saturated heterocycles. The van der Waals surface area contributed by atoms with Crippen molar-refractivity contribution in [1.29, 1.82) is 0 Å². The van der Waals surface area contributed by atoms with Crippen molar-refractivity contribution >= 4 is 5.97 Å². The Bertz CT molecular complexity index is 1340. The number of halogens is 5. The number of hydrogen-bond acceptors (Lipinski definition) is 8. The van der Waals surface area contributed by atoms with E-state index in [1.807, 2.05) is 0 Å². The molecule has 3 aromatic rings. The number of carbonyl (C=O) groups excluding carboxylic acids is 1. The van der Waals surface area contributed by atoms with Gasteiger partial charge in [0.2, 0.25) is 5.79 Å². The van der Waals surface area contributed by atoms with Gasteiger partial charge in [-0.3, -0.25) is 0 Å². The van der Waals surface area contributed by atoms with Crippen LogP contribution in [0.15, 0.2) is 36.5 Å². The summed E-state index contributed by atoms with van der Waals surface area (Å²) in [5, 5.41) is 28.6. The summed E-state index contributed by atoms with van der Waals surface area (Å²) in [6.45, 7) is -0.511. The third-order valence-electron chi connectivity index (χ3n) is 6.50. The van der Waals surface area contributed by atoms with E-state index in [1.54, 1.807) is 0 Å². The number of esters is 1. The molecule has 5 rings (SSSR count). The van der Waals surface area contributed by atoms with E-state index in [1.165, 1.54) is 0 Å². The van der Waals surface area contributed by atoms with E-state index in [4.69, 9.17) is 14.2 Å². The third kappa shape index (κ3) is 4.53. The predicted molar refractivity (Wildman–Crippen MR) is 116 cm³/mol. The highest BCUT2D eigenvalue weighted by atomic mass is 19.2. The van der Waals surface area contributed by atoms with Gasteiger partial charge in [0.05, 0.1) is 25.0 Å². The van der Waals surface area contributed by atoms with Crippen LogP contribution < -0.4 is 0 Å². The smallest absolute Gasteiger partial charge is 0.341 e. The Labute approximate surface area is 211 Å². The molecule has 2 N–H and O–H groups in total. The van der Waals surface area contributed by atoms with Crippen LogP contribution >= 0.6 is 0 Å². The average molecular weight is 541 g/mol. The van der Waals surface area contributed by atoms with Crippen molar-refractivity contribution in [3.05, 3.63) is 71.2 Å². The first kappa shape index (κ1) is 26.2. The van der Waals surface area contributed by atoms with Gasteiger partial charge < -0.3 is 24.4 Å². The Kier molecular flexibility index (Phi) is 6.90. The van der Waals surface area contributed by atoms with E-state index in [-0.39, 0.29) is 24.3 Å². The summed E-state index contributed by atoms with van der Waals surface area (Å²) in [6, 6.07) is 2.26. The zero-order valence-electron chi connectivity index (χ0n) is 19.4. The Hall–Kier alpha value is -3.46. The van der Waals surface area contributed by atoms with Gasteiger partial charge in [0, 0.05) is 18.1 Å². The van der Waals surface area contributed by atoms with Gasteiger partial charge in [-0.15, -0.1) is 5.10 Å². The molecule has 0 bridgehead atoms. The van der Waals surface area contributed by atoms with E-state index >= 15 is 0 Å². The van der Waals surface area contributed by atoms with Crippen LogP contribution in [-0.2, 0) is 14.2 Å². The quantitative estimate of drug-likeness (QED) is 0.288. The van der Waals surface area contributed by atoms with Gasteiger partial charge in [-0.1, -0.05) is 5.21 Å². The first-order chi connectivity index (χ1) is 18.1. The molecule has 2 aromatic carbocycles. The minimum absolute atomic E-state index is 0.127. The molecular formula is C24H20F5N3O6. The summed E-state index contributed by atoms with van der Waals surface area (Å²) in [5.41, 5.74) is -0.909. The minimum Gasteiger partial charge on any atom is -0.451 e. The van der Waals surface area contributed by atoms with Crippen molar-refractivity contribution in [3.63, 3.8) is 0 Å². The molecule has 5 atom stereocenters. The van der Waals surface area contributed by atoms with Gasteiger partial charge in [-0.05, 0) is 30.7 Å². The molecule has 2 fully saturated rings. The normalized spacial score (nSPS) is 27.1. The summed E-state index contributed by atoms with van der Waals surface area (Å²) in [7, 11) is 0. The van der Waals surface area contributed by atoms with Gasteiger partial charge in [-0.2, -0.15) is 0 Å². The van der Waals surface area contributed by atoms with Crippen molar-refractivity contribution in [2.75, 3.05) is 13.2 Å². The predicted octanol–water partition coefficient (Wildman–Crippen LogP) is 2.67. The molecule has 0 aliphatic carbocycles. The van der Waals surface area contributed by atoms with Gasteiger partial charge in [-0.25, -0.2) is 31.4 Å². The third-order valence-corrected chi connectivity index (χ3v) is 6.50. The largest absolute Gasteiger partial charge is 0.451 e. The van der Waals surface area contributed by atoms with Gasteiger partial charge in [0.1, 0.15) is 35.6 Å². The maximum absolute atomic E-state index is 14.3. The number of carbonyl (C=O) groups is 1. The lowest BCUT2D eigenvalue weighted by Crippen LogP contribution is -2.63. The maximum Gasteiger partial charge on any atom is 0.341 e. The molecule has 1 spiro atoms. The van der Waals surface area contributed by atoms with Crippen LogP contribution in [0.5, 0.6) is 0 Å². The lowest BCUT2D eigenvalue weighted by atomic mass is 9.88. The molecule has 9 nitrogen and oxygen atoms in total. The molecule has 202 valence electrons. The van der Waals surface area contributed by atoms with E-state index in [0.717, 1.165) is 23.0 Å². The van der Waals surface area contributed by atoms with Crippen LogP contribution in [0.3, 0.4) is 0 Å². The highest BCUT2D eigenvalue weighted by Gasteiger charge is 2.60. The number of benzene rings is 2. The molecule has 2 aliphatic heterocycles. The minimum atomic E-state index is -1.69. The molecule has 0 amide bonds. The summed E-state index contributed by atoms with van der Waals surface area (Å²) in [6.07, 6.45) is -2.60. The lowest BCUT2D eigenvalue weighted by molar-refractivity contribution is -0.337. The van der Waals surface area contributed by atoms with E-state index < -0.39 is 77.4 Å². The number of hydrogen-bond donors (Lipinski definition) is 2. The van der Waals surface area contributed by atoms with Crippen LogP contribution in [0.1, 0.15) is 29.2 Å². The Morgan fingerprint density at radius 3 is 2.50 bits per heavy atom. The summed E-state index contributed by atoms with van der Waals surface area (Å²) in [5.74, 6) is -9.63. The average Bonchev–Trinajstić information content (AvgIpc) is 3.55. The molecule has 2 aliphatic rings. The molecule has 0 radical (unpaired) electrons. The van der Waals surface area contributed by atoms with E-state index in [0.29, 0.717) is 24.6 Å². The topological polar surface area (TPSA) is 116 Å². The number of nitrogens with zero attached hydrogens (tertiary/aromatic N) is 3. The Morgan fingerprint density at radius 2 is 1.87 bits per heavy atom. The van der Waals surface area contributed by atoms with Crippen LogP contribution in [0.2, 0.25) is 0 Å². The van der Waals surface area contributed by atoms with Crippen molar-refractivity contribution < 1.29 is 51.2 Å². The number of aromatic nitrogens is 3. The second kappa shape index (κ2) is 10.0. The SMILES string of the molecule is O=C(O[C@@H]1[C@@H](n2cc(-c3cc(F)c(F)c(F)c3)nn2)[C@@H](O)[C@@H](CO)O[C@@]12CCCO2)c1ccc(F)cc1F. The zero-order valence-corrected chi connectivity index (χ0v) is 19.4. The molecule has 0 unspecified atom stereocenters. The summed E-state index contributed by atoms with van der Waals surface area (Å²) >= 11 is 0. The fraction of sp³-hybridized carbons (Fsp3) is 0.375. The number of aliphatic hydroxyl groups is 2. The summed E-state index contributed by atoms with van der Waals surface area (Å²) in [4.78, 5) is 13.0. The first-order valence-electron chi connectivity index (χ1n) is 11.5.